The number of nitrogens with one attached hydrogen (secondary N) is 1. The van der Waals surface area contributed by atoms with Gasteiger partial charge < -0.3 is 20.7 Å². The first kappa shape index (κ1) is 21.4. The lowest BCUT2D eigenvalue weighted by Gasteiger charge is -2.23. The molecule has 9 nitrogen and oxygen atoms in total. The second-order valence-corrected chi connectivity index (χ2v) is 6.44. The van der Waals surface area contributed by atoms with Crippen molar-refractivity contribution < 1.29 is 29.4 Å². The quantitative estimate of drug-likeness (QED) is 0.527. The maximum absolute atomic E-state index is 9.55. The van der Waals surface area contributed by atoms with Crippen molar-refractivity contribution in [2.45, 2.75) is 31.8 Å². The number of benzene rings is 1. The van der Waals surface area contributed by atoms with E-state index >= 15 is 0 Å². The monoisotopic (exact) mass is 391 g/mol. The third-order valence-electron chi connectivity index (χ3n) is 4.30. The topological polar surface area (TPSA) is 134 Å². The Hall–Kier alpha value is -2.88. The SMILES string of the molecule is COc1ccc2c(c1)C1=C(C2)N(OC)NC1C[C@H](C)N.O=C(O)C=CC(=O)O. The zero-order chi connectivity index (χ0) is 20.8. The summed E-state index contributed by atoms with van der Waals surface area (Å²) in [6, 6.07) is 6.56. The zero-order valence-corrected chi connectivity index (χ0v) is 16.0. The number of aliphatic carboxylic acids is 2. The van der Waals surface area contributed by atoms with Crippen LogP contribution < -0.4 is 15.9 Å². The van der Waals surface area contributed by atoms with Gasteiger partial charge in [-0.2, -0.15) is 5.17 Å². The lowest BCUT2D eigenvalue weighted by molar-refractivity contribution is -0.138. The number of rotatable bonds is 6. The molecule has 0 bridgehead atoms. The average Bonchev–Trinajstić information content (AvgIpc) is 3.17. The first-order valence-electron chi connectivity index (χ1n) is 8.67. The molecule has 0 radical (unpaired) electrons. The molecule has 2 aliphatic rings. The number of nitrogens with zero attached hydrogens (tertiary/aromatic N) is 1. The van der Waals surface area contributed by atoms with Crippen LogP contribution in [0.25, 0.3) is 5.57 Å². The van der Waals surface area contributed by atoms with E-state index in [9.17, 15) is 9.59 Å². The highest BCUT2D eigenvalue weighted by molar-refractivity contribution is 5.89. The largest absolute Gasteiger partial charge is 0.497 e. The smallest absolute Gasteiger partial charge is 0.328 e. The van der Waals surface area contributed by atoms with Crippen molar-refractivity contribution in [1.29, 1.82) is 0 Å². The summed E-state index contributed by atoms with van der Waals surface area (Å²) in [7, 11) is 3.37. The predicted molar refractivity (Wildman–Crippen MR) is 102 cm³/mol. The van der Waals surface area contributed by atoms with Crippen LogP contribution in [0.3, 0.4) is 0 Å². The number of hydrogen-bond donors (Lipinski definition) is 4. The Labute approximate surface area is 163 Å². The minimum atomic E-state index is -1.26. The third kappa shape index (κ3) is 5.10. The molecule has 1 heterocycles. The number of fused-ring (bicyclic) bond motifs is 2. The van der Waals surface area contributed by atoms with Gasteiger partial charge in [0.15, 0.2) is 0 Å². The van der Waals surface area contributed by atoms with Gasteiger partial charge in [0.2, 0.25) is 0 Å². The van der Waals surface area contributed by atoms with Gasteiger partial charge in [0.05, 0.1) is 26.0 Å². The summed E-state index contributed by atoms with van der Waals surface area (Å²) in [5.41, 5.74) is 14.4. The van der Waals surface area contributed by atoms with Gasteiger partial charge in [0.1, 0.15) is 5.75 Å². The van der Waals surface area contributed by atoms with Crippen LogP contribution >= 0.6 is 0 Å². The summed E-state index contributed by atoms with van der Waals surface area (Å²) < 4.78 is 5.34. The fourth-order valence-corrected chi connectivity index (χ4v) is 3.22. The van der Waals surface area contributed by atoms with Gasteiger partial charge in [-0.05, 0) is 36.6 Å². The lowest BCUT2D eigenvalue weighted by Crippen LogP contribution is -2.40. The predicted octanol–water partition coefficient (Wildman–Crippen LogP) is 1.16. The number of allylic oxidation sites excluding steroid dienone is 1. The van der Waals surface area contributed by atoms with E-state index in [1.807, 2.05) is 13.0 Å². The van der Waals surface area contributed by atoms with Crippen molar-refractivity contribution >= 4 is 17.5 Å². The molecule has 1 aromatic carbocycles. The molecule has 1 aromatic rings. The van der Waals surface area contributed by atoms with Gasteiger partial charge in [0, 0.05) is 30.2 Å². The number of carboxylic acid groups (broad SMARTS) is 2. The highest BCUT2D eigenvalue weighted by Gasteiger charge is 2.38. The molecule has 3 rings (SSSR count). The van der Waals surface area contributed by atoms with Crippen molar-refractivity contribution in [3.8, 4) is 5.75 Å². The molecule has 0 saturated heterocycles. The molecular weight excluding hydrogens is 366 g/mol. The second-order valence-electron chi connectivity index (χ2n) is 6.44. The van der Waals surface area contributed by atoms with E-state index in [0.29, 0.717) is 12.2 Å². The van der Waals surface area contributed by atoms with E-state index in [-0.39, 0.29) is 12.1 Å². The number of ether oxygens (including phenoxy) is 1. The molecule has 152 valence electrons. The number of nitrogens with two attached hydrogens (primary N) is 1. The summed E-state index contributed by atoms with van der Waals surface area (Å²) >= 11 is 0. The van der Waals surface area contributed by atoms with Crippen LogP contribution in [0.2, 0.25) is 0 Å². The highest BCUT2D eigenvalue weighted by atomic mass is 16.7. The molecule has 28 heavy (non-hydrogen) atoms. The normalized spacial score (nSPS) is 18.4. The van der Waals surface area contributed by atoms with Crippen LogP contribution in [0.5, 0.6) is 5.75 Å². The highest BCUT2D eigenvalue weighted by Crippen LogP contribution is 2.42. The van der Waals surface area contributed by atoms with Crippen molar-refractivity contribution in [2.75, 3.05) is 14.2 Å². The van der Waals surface area contributed by atoms with Gasteiger partial charge in [-0.15, -0.1) is 0 Å². The summed E-state index contributed by atoms with van der Waals surface area (Å²) in [6.45, 7) is 2.03. The summed E-state index contributed by atoms with van der Waals surface area (Å²) in [5.74, 6) is -1.63. The Kier molecular flexibility index (Phi) is 7.16. The number of carbonyl (C=O) groups is 2. The molecule has 0 aromatic heterocycles. The van der Waals surface area contributed by atoms with Crippen LogP contribution in [-0.4, -0.2) is 53.6 Å². The second kappa shape index (κ2) is 9.36. The van der Waals surface area contributed by atoms with Crippen molar-refractivity contribution in [1.82, 2.24) is 10.6 Å². The Morgan fingerprint density at radius 1 is 1.32 bits per heavy atom. The average molecular weight is 391 g/mol. The summed E-state index contributed by atoms with van der Waals surface area (Å²) in [4.78, 5) is 24.5. The van der Waals surface area contributed by atoms with Gasteiger partial charge in [0.25, 0.3) is 0 Å². The first-order chi connectivity index (χ1) is 13.3. The number of hydrazine groups is 1. The molecule has 9 heteroatoms. The maximum atomic E-state index is 9.55. The Balaban J connectivity index is 0.000000300. The molecule has 0 saturated carbocycles. The minimum absolute atomic E-state index is 0.132. The van der Waals surface area contributed by atoms with Crippen LogP contribution in [0.1, 0.15) is 24.5 Å². The molecule has 1 aliphatic heterocycles. The molecule has 1 aliphatic carbocycles. The standard InChI is InChI=1S/C15H21N3O2.C4H4O4/c1-9(16)6-13-15-12-8-11(19-2)5-4-10(12)7-14(15)18(17-13)20-3;5-3(6)1-2-4(7)8/h4-5,8-9,13,17H,6-7,16H2,1-3H3;1-2H,(H,5,6)(H,7,8)/t9-,13?;/m0./s1. The van der Waals surface area contributed by atoms with E-state index in [4.69, 9.17) is 25.5 Å². The van der Waals surface area contributed by atoms with Gasteiger partial charge >= 0.3 is 11.9 Å². The molecule has 0 fully saturated rings. The van der Waals surface area contributed by atoms with Gasteiger partial charge in [-0.25, -0.2) is 15.0 Å². The minimum Gasteiger partial charge on any atom is -0.497 e. The fourth-order valence-electron chi connectivity index (χ4n) is 3.22. The molecular formula is C19H25N3O6. The van der Waals surface area contributed by atoms with Gasteiger partial charge in [-0.1, -0.05) is 6.07 Å². The first-order valence-corrected chi connectivity index (χ1v) is 8.67. The van der Waals surface area contributed by atoms with Crippen LogP contribution in [0.15, 0.2) is 36.0 Å². The molecule has 1 unspecified atom stereocenters. The van der Waals surface area contributed by atoms with Crippen LogP contribution in [0, 0.1) is 0 Å². The van der Waals surface area contributed by atoms with Crippen LogP contribution in [0.4, 0.5) is 0 Å². The zero-order valence-electron chi connectivity index (χ0n) is 16.0. The van der Waals surface area contributed by atoms with E-state index < -0.39 is 11.9 Å². The lowest BCUT2D eigenvalue weighted by atomic mass is 9.96. The number of methoxy groups -OCH3 is 1. The Bertz CT molecular complexity index is 787. The Morgan fingerprint density at radius 3 is 2.46 bits per heavy atom. The fraction of sp³-hybridized carbons (Fsp3) is 0.368. The van der Waals surface area contributed by atoms with Crippen molar-refractivity contribution in [3.05, 3.63) is 47.2 Å². The van der Waals surface area contributed by atoms with E-state index in [1.54, 1.807) is 19.4 Å². The molecule has 5 N–H and O–H groups in total. The molecule has 2 atom stereocenters. The Morgan fingerprint density at radius 2 is 1.96 bits per heavy atom. The summed E-state index contributed by atoms with van der Waals surface area (Å²) in [6.07, 6.45) is 2.87. The van der Waals surface area contributed by atoms with Crippen molar-refractivity contribution in [2.24, 2.45) is 5.73 Å². The number of carboxylic acids is 2. The number of hydrogen-bond acceptors (Lipinski definition) is 7. The van der Waals surface area contributed by atoms with E-state index in [0.717, 1.165) is 18.6 Å². The third-order valence-corrected chi connectivity index (χ3v) is 4.30. The maximum Gasteiger partial charge on any atom is 0.328 e. The van der Waals surface area contributed by atoms with Gasteiger partial charge in [-0.3, -0.25) is 4.84 Å². The number of hydroxylamine groups is 1. The van der Waals surface area contributed by atoms with Crippen LogP contribution in [-0.2, 0) is 20.8 Å². The van der Waals surface area contributed by atoms with E-state index in [1.165, 1.54) is 22.4 Å². The van der Waals surface area contributed by atoms with E-state index in [2.05, 4.69) is 17.6 Å². The van der Waals surface area contributed by atoms with Crippen molar-refractivity contribution in [3.63, 3.8) is 0 Å². The molecule has 0 spiro atoms. The molecule has 0 amide bonds. The summed E-state index contributed by atoms with van der Waals surface area (Å²) in [5, 5.41) is 17.4.